The van der Waals surface area contributed by atoms with Crippen LogP contribution in [0, 0.1) is 20.8 Å². The molecule has 0 fully saturated rings. The van der Waals surface area contributed by atoms with Gasteiger partial charge in [-0.2, -0.15) is 0 Å². The van der Waals surface area contributed by atoms with Crippen LogP contribution in [0.15, 0.2) is 70.5 Å². The lowest BCUT2D eigenvalue weighted by molar-refractivity contribution is -0.137. The molecule has 0 bridgehead atoms. The molecule has 5 heteroatoms. The highest BCUT2D eigenvalue weighted by Gasteiger charge is 2.17. The highest BCUT2D eigenvalue weighted by atomic mass is 32.2. The monoisotopic (exact) mass is 432 g/mol. The van der Waals surface area contributed by atoms with Crippen molar-refractivity contribution in [1.29, 1.82) is 0 Å². The number of Topliss-reactive ketones (excluding diaryl/α,β-unsaturated/α-hetero) is 1. The van der Waals surface area contributed by atoms with Gasteiger partial charge in [0.25, 0.3) is 5.78 Å². The van der Waals surface area contributed by atoms with Gasteiger partial charge in [-0.1, -0.05) is 29.5 Å². The number of aryl methyl sites for hydroxylation is 3. The summed E-state index contributed by atoms with van der Waals surface area (Å²) in [6.45, 7) is 7.79. The summed E-state index contributed by atoms with van der Waals surface area (Å²) in [6.07, 6.45) is 0. The number of ether oxygens (including phenoxy) is 1. The van der Waals surface area contributed by atoms with Gasteiger partial charge in [0.05, 0.1) is 6.61 Å². The van der Waals surface area contributed by atoms with Gasteiger partial charge in [-0.25, -0.2) is 4.79 Å². The molecule has 0 aliphatic rings. The molecule has 0 aliphatic heterocycles. The lowest BCUT2D eigenvalue weighted by Gasteiger charge is -2.11. The van der Waals surface area contributed by atoms with Crippen molar-refractivity contribution in [2.75, 3.05) is 6.61 Å². The second-order valence-corrected chi connectivity index (χ2v) is 8.45. The molecule has 0 spiro atoms. The maximum Gasteiger partial charge on any atom is 0.379 e. The molecule has 0 saturated carbocycles. The molecule has 0 amide bonds. The van der Waals surface area contributed by atoms with Crippen molar-refractivity contribution in [2.45, 2.75) is 37.5 Å². The molecule has 0 heterocycles. The number of esters is 1. The molecule has 3 aromatic rings. The first-order chi connectivity index (χ1) is 14.8. The third kappa shape index (κ3) is 5.30. The van der Waals surface area contributed by atoms with Crippen LogP contribution in [0.25, 0.3) is 0 Å². The number of carbonyl (C=O) groups excluding carboxylic acids is 3. The van der Waals surface area contributed by atoms with Crippen molar-refractivity contribution in [3.63, 3.8) is 0 Å². The van der Waals surface area contributed by atoms with Crippen molar-refractivity contribution in [3.8, 4) is 0 Å². The number of benzene rings is 3. The summed E-state index contributed by atoms with van der Waals surface area (Å²) in [5.74, 6) is -1.47. The van der Waals surface area contributed by atoms with E-state index in [1.165, 1.54) is 11.8 Å². The fourth-order valence-corrected chi connectivity index (χ4v) is 4.30. The summed E-state index contributed by atoms with van der Waals surface area (Å²) in [4.78, 5) is 38.4. The second kappa shape index (κ2) is 9.75. The van der Waals surface area contributed by atoms with Crippen LogP contribution in [0.4, 0.5) is 0 Å². The fourth-order valence-electron chi connectivity index (χ4n) is 3.48. The highest BCUT2D eigenvalue weighted by Crippen LogP contribution is 2.29. The Morgan fingerprint density at radius 2 is 1.26 bits per heavy atom. The lowest BCUT2D eigenvalue weighted by Crippen LogP contribution is -2.17. The minimum absolute atomic E-state index is 0.0216. The van der Waals surface area contributed by atoms with Crippen molar-refractivity contribution < 1.29 is 19.1 Å². The van der Waals surface area contributed by atoms with Crippen molar-refractivity contribution in [3.05, 3.63) is 94.0 Å². The third-order valence-electron chi connectivity index (χ3n) is 4.83. The molecule has 0 unspecified atom stereocenters. The van der Waals surface area contributed by atoms with Gasteiger partial charge in [0, 0.05) is 26.5 Å². The number of rotatable bonds is 7. The van der Waals surface area contributed by atoms with E-state index in [0.717, 1.165) is 32.0 Å². The normalized spacial score (nSPS) is 10.6. The minimum atomic E-state index is -0.845. The summed E-state index contributed by atoms with van der Waals surface area (Å²) >= 11 is 1.51. The first-order valence-corrected chi connectivity index (χ1v) is 10.8. The van der Waals surface area contributed by atoms with E-state index in [9.17, 15) is 14.4 Å². The number of hydrogen-bond donors (Lipinski definition) is 0. The Morgan fingerprint density at radius 3 is 1.74 bits per heavy atom. The quantitative estimate of drug-likeness (QED) is 0.271. The summed E-state index contributed by atoms with van der Waals surface area (Å²) in [5.41, 5.74) is 4.82. The zero-order chi connectivity index (χ0) is 22.5. The maximum absolute atomic E-state index is 13.0. The van der Waals surface area contributed by atoms with E-state index in [1.807, 2.05) is 57.2 Å². The molecule has 31 heavy (non-hydrogen) atoms. The zero-order valence-electron chi connectivity index (χ0n) is 18.0. The van der Waals surface area contributed by atoms with Gasteiger partial charge in [-0.15, -0.1) is 0 Å². The number of ketones is 2. The molecule has 0 saturated heterocycles. The molecular formula is C26H24O4S. The van der Waals surface area contributed by atoms with Crippen molar-refractivity contribution in [1.82, 2.24) is 0 Å². The maximum atomic E-state index is 13.0. The van der Waals surface area contributed by atoms with Crippen LogP contribution >= 0.6 is 11.8 Å². The molecule has 0 aromatic heterocycles. The van der Waals surface area contributed by atoms with E-state index in [1.54, 1.807) is 31.2 Å². The predicted molar refractivity (Wildman–Crippen MR) is 122 cm³/mol. The lowest BCUT2D eigenvalue weighted by atomic mass is 9.93. The van der Waals surface area contributed by atoms with E-state index in [2.05, 4.69) is 0 Å². The van der Waals surface area contributed by atoms with Gasteiger partial charge in [0.15, 0.2) is 5.78 Å². The van der Waals surface area contributed by atoms with E-state index in [4.69, 9.17) is 4.74 Å². The molecule has 0 radical (unpaired) electrons. The van der Waals surface area contributed by atoms with Gasteiger partial charge in [0.1, 0.15) is 0 Å². The van der Waals surface area contributed by atoms with Crippen LogP contribution < -0.4 is 0 Å². The third-order valence-corrected chi connectivity index (χ3v) is 5.85. The molecule has 0 N–H and O–H groups in total. The Bertz CT molecular complexity index is 1110. The minimum Gasteiger partial charge on any atom is -0.460 e. The van der Waals surface area contributed by atoms with Gasteiger partial charge >= 0.3 is 5.97 Å². The van der Waals surface area contributed by atoms with Crippen LogP contribution in [0.1, 0.15) is 49.9 Å². The predicted octanol–water partition coefficient (Wildman–Crippen LogP) is 5.74. The average molecular weight is 433 g/mol. The summed E-state index contributed by atoms with van der Waals surface area (Å²) in [5, 5.41) is 0. The summed E-state index contributed by atoms with van der Waals surface area (Å²) < 4.78 is 4.75. The first kappa shape index (κ1) is 22.5. The smallest absolute Gasteiger partial charge is 0.379 e. The van der Waals surface area contributed by atoms with E-state index < -0.39 is 11.8 Å². The SMILES string of the molecule is CCOC(=O)C(=O)c1ccc(Sc2ccc(C(=O)c3c(C)cc(C)cc3C)cc2)cc1. The standard InChI is InChI=1S/C26H24O4S/c1-5-30-26(29)25(28)20-8-12-22(13-9-20)31-21-10-6-19(7-11-21)24(27)23-17(3)14-16(2)15-18(23)4/h6-15H,5H2,1-4H3. The fraction of sp³-hybridized carbons (Fsp3) is 0.192. The van der Waals surface area contributed by atoms with Crippen molar-refractivity contribution in [2.24, 2.45) is 0 Å². The summed E-state index contributed by atoms with van der Waals surface area (Å²) in [7, 11) is 0. The Labute approximate surface area is 186 Å². The average Bonchev–Trinajstić information content (AvgIpc) is 2.73. The number of hydrogen-bond acceptors (Lipinski definition) is 5. The van der Waals surface area contributed by atoms with Crippen LogP contribution in [0.2, 0.25) is 0 Å². The van der Waals surface area contributed by atoms with Crippen LogP contribution in [-0.2, 0) is 9.53 Å². The Balaban J connectivity index is 1.72. The molecule has 3 aromatic carbocycles. The Morgan fingerprint density at radius 1 is 0.774 bits per heavy atom. The van der Waals surface area contributed by atoms with Crippen molar-refractivity contribution >= 4 is 29.3 Å². The molecule has 3 rings (SSSR count). The van der Waals surface area contributed by atoms with Crippen LogP contribution in [0.3, 0.4) is 0 Å². The topological polar surface area (TPSA) is 60.4 Å². The van der Waals surface area contributed by atoms with Gasteiger partial charge in [-0.05, 0) is 87.4 Å². The largest absolute Gasteiger partial charge is 0.460 e. The Hall–Kier alpha value is -3.18. The number of carbonyl (C=O) groups is 3. The highest BCUT2D eigenvalue weighted by molar-refractivity contribution is 7.99. The second-order valence-electron chi connectivity index (χ2n) is 7.30. The molecule has 0 aliphatic carbocycles. The van der Waals surface area contributed by atoms with E-state index >= 15 is 0 Å². The molecule has 4 nitrogen and oxygen atoms in total. The molecule has 158 valence electrons. The van der Waals surface area contributed by atoms with E-state index in [0.29, 0.717) is 11.1 Å². The van der Waals surface area contributed by atoms with Gasteiger partial charge < -0.3 is 4.74 Å². The van der Waals surface area contributed by atoms with Crippen LogP contribution in [0.5, 0.6) is 0 Å². The Kier molecular flexibility index (Phi) is 7.08. The molecular weight excluding hydrogens is 408 g/mol. The van der Waals surface area contributed by atoms with Gasteiger partial charge in [-0.3, -0.25) is 9.59 Å². The first-order valence-electron chi connectivity index (χ1n) is 10.0. The van der Waals surface area contributed by atoms with E-state index in [-0.39, 0.29) is 12.4 Å². The van der Waals surface area contributed by atoms with Gasteiger partial charge in [0.2, 0.25) is 0 Å². The van der Waals surface area contributed by atoms with Crippen LogP contribution in [-0.4, -0.2) is 24.1 Å². The molecule has 0 atom stereocenters. The zero-order valence-corrected chi connectivity index (χ0v) is 18.8. The summed E-state index contributed by atoms with van der Waals surface area (Å²) in [6, 6.07) is 18.4.